The molecule has 0 aromatic heterocycles. The van der Waals surface area contributed by atoms with E-state index in [2.05, 4.69) is 44.7 Å². The van der Waals surface area contributed by atoms with Gasteiger partial charge in [-0.25, -0.2) is 0 Å². The molecular weight excluding hydrogens is 246 g/mol. The smallest absolute Gasteiger partial charge is 0.0334 e. The summed E-state index contributed by atoms with van der Waals surface area (Å²) in [6.07, 6.45) is 6.59. The summed E-state index contributed by atoms with van der Waals surface area (Å²) in [6, 6.07) is 0. The minimum Gasteiger partial charge on any atom is -0.329 e. The lowest BCUT2D eigenvalue weighted by Gasteiger charge is -2.49. The first-order chi connectivity index (χ1) is 9.45. The molecule has 0 aromatic carbocycles. The molecule has 120 valence electrons. The Kier molecular flexibility index (Phi) is 7.49. The van der Waals surface area contributed by atoms with Crippen molar-refractivity contribution in [3.63, 3.8) is 0 Å². The lowest BCUT2D eigenvalue weighted by Crippen LogP contribution is -2.57. The largest absolute Gasteiger partial charge is 0.329 e. The fraction of sp³-hybridized carbons (Fsp3) is 1.00. The minimum atomic E-state index is 0.272. The monoisotopic (exact) mass is 283 g/mol. The molecule has 1 fully saturated rings. The van der Waals surface area contributed by atoms with Crippen LogP contribution in [0.3, 0.4) is 0 Å². The van der Waals surface area contributed by atoms with Crippen molar-refractivity contribution >= 4 is 0 Å². The number of rotatable bonds is 8. The molecular formula is C17H37N3. The minimum absolute atomic E-state index is 0.272. The number of nitrogens with two attached hydrogens (primary N) is 1. The first kappa shape index (κ1) is 17.9. The number of hydrogen-bond donors (Lipinski definition) is 1. The summed E-state index contributed by atoms with van der Waals surface area (Å²) in [4.78, 5) is 4.96. The van der Waals surface area contributed by atoms with Crippen LogP contribution < -0.4 is 5.73 Å². The topological polar surface area (TPSA) is 32.5 Å². The Morgan fingerprint density at radius 1 is 1.25 bits per heavy atom. The molecule has 3 nitrogen and oxygen atoms in total. The van der Waals surface area contributed by atoms with Gasteiger partial charge < -0.3 is 10.6 Å². The molecule has 0 aromatic rings. The van der Waals surface area contributed by atoms with Gasteiger partial charge in [-0.3, -0.25) is 4.90 Å². The van der Waals surface area contributed by atoms with Gasteiger partial charge in [0.2, 0.25) is 0 Å². The van der Waals surface area contributed by atoms with E-state index >= 15 is 0 Å². The van der Waals surface area contributed by atoms with Gasteiger partial charge in [0.1, 0.15) is 0 Å². The van der Waals surface area contributed by atoms with Gasteiger partial charge in [0, 0.05) is 12.1 Å². The van der Waals surface area contributed by atoms with Gasteiger partial charge in [-0.1, -0.05) is 33.6 Å². The second-order valence-electron chi connectivity index (χ2n) is 7.27. The molecule has 3 heteroatoms. The molecule has 0 bridgehead atoms. The quantitative estimate of drug-likeness (QED) is 0.743. The molecule has 1 aliphatic carbocycles. The third kappa shape index (κ3) is 4.71. The fourth-order valence-electron chi connectivity index (χ4n) is 3.86. The van der Waals surface area contributed by atoms with Crippen molar-refractivity contribution in [2.24, 2.45) is 17.6 Å². The van der Waals surface area contributed by atoms with Crippen LogP contribution in [0.4, 0.5) is 0 Å². The second-order valence-corrected chi connectivity index (χ2v) is 7.27. The highest BCUT2D eigenvalue weighted by atomic mass is 15.2. The Morgan fingerprint density at radius 2 is 1.95 bits per heavy atom. The van der Waals surface area contributed by atoms with E-state index in [0.717, 1.165) is 24.9 Å². The second kappa shape index (κ2) is 8.35. The Morgan fingerprint density at radius 3 is 2.45 bits per heavy atom. The summed E-state index contributed by atoms with van der Waals surface area (Å²) in [5.74, 6) is 1.65. The molecule has 2 atom stereocenters. The van der Waals surface area contributed by atoms with Gasteiger partial charge in [-0.2, -0.15) is 0 Å². The van der Waals surface area contributed by atoms with Crippen LogP contribution in [-0.2, 0) is 0 Å². The maximum Gasteiger partial charge on any atom is 0.0334 e. The molecule has 20 heavy (non-hydrogen) atoms. The van der Waals surface area contributed by atoms with E-state index in [-0.39, 0.29) is 5.54 Å². The summed E-state index contributed by atoms with van der Waals surface area (Å²) < 4.78 is 0. The predicted octanol–water partition coefficient (Wildman–Crippen LogP) is 2.80. The lowest BCUT2D eigenvalue weighted by molar-refractivity contribution is 0.0271. The summed E-state index contributed by atoms with van der Waals surface area (Å²) in [6.45, 7) is 11.4. The summed E-state index contributed by atoms with van der Waals surface area (Å²) in [5.41, 5.74) is 6.53. The molecule has 0 saturated heterocycles. The van der Waals surface area contributed by atoms with Crippen LogP contribution in [0.1, 0.15) is 52.9 Å². The molecule has 2 N–H and O–H groups in total. The van der Waals surface area contributed by atoms with Crippen molar-refractivity contribution in [3.8, 4) is 0 Å². The predicted molar refractivity (Wildman–Crippen MR) is 89.0 cm³/mol. The van der Waals surface area contributed by atoms with Gasteiger partial charge in [-0.15, -0.1) is 0 Å². The zero-order valence-corrected chi connectivity index (χ0v) is 14.5. The van der Waals surface area contributed by atoms with Crippen LogP contribution in [0.5, 0.6) is 0 Å². The van der Waals surface area contributed by atoms with Crippen LogP contribution in [-0.4, -0.2) is 55.6 Å². The third-order valence-electron chi connectivity index (χ3n) is 5.27. The molecule has 0 radical (unpaired) electrons. The average Bonchev–Trinajstić information content (AvgIpc) is 2.43. The van der Waals surface area contributed by atoms with Crippen LogP contribution in [0.15, 0.2) is 0 Å². The molecule has 1 rings (SSSR count). The maximum atomic E-state index is 6.26. The van der Waals surface area contributed by atoms with Crippen LogP contribution >= 0.6 is 0 Å². The first-order valence-electron chi connectivity index (χ1n) is 8.55. The fourth-order valence-corrected chi connectivity index (χ4v) is 3.86. The maximum absolute atomic E-state index is 6.26. The molecule has 0 amide bonds. The van der Waals surface area contributed by atoms with Crippen molar-refractivity contribution in [1.29, 1.82) is 0 Å². The Labute approximate surface area is 126 Å². The molecule has 2 unspecified atom stereocenters. The third-order valence-corrected chi connectivity index (χ3v) is 5.27. The van der Waals surface area contributed by atoms with Gasteiger partial charge in [0.15, 0.2) is 0 Å². The van der Waals surface area contributed by atoms with Gasteiger partial charge >= 0.3 is 0 Å². The van der Waals surface area contributed by atoms with E-state index in [4.69, 9.17) is 5.73 Å². The zero-order chi connectivity index (χ0) is 15.2. The summed E-state index contributed by atoms with van der Waals surface area (Å²) in [5, 5.41) is 0. The van der Waals surface area contributed by atoms with Gasteiger partial charge in [-0.05, 0) is 64.8 Å². The number of hydrogen-bond acceptors (Lipinski definition) is 3. The lowest BCUT2D eigenvalue weighted by atomic mass is 9.70. The average molecular weight is 284 g/mol. The highest BCUT2D eigenvalue weighted by Gasteiger charge is 2.39. The summed E-state index contributed by atoms with van der Waals surface area (Å²) >= 11 is 0. The molecule has 1 saturated carbocycles. The Bertz CT molecular complexity index is 265. The van der Waals surface area contributed by atoms with E-state index in [9.17, 15) is 0 Å². The highest BCUT2D eigenvalue weighted by molar-refractivity contribution is 4.97. The van der Waals surface area contributed by atoms with Crippen molar-refractivity contribution in [1.82, 2.24) is 9.80 Å². The van der Waals surface area contributed by atoms with Crippen molar-refractivity contribution in [3.05, 3.63) is 0 Å². The van der Waals surface area contributed by atoms with E-state index in [1.165, 1.54) is 45.2 Å². The van der Waals surface area contributed by atoms with Crippen LogP contribution in [0.25, 0.3) is 0 Å². The van der Waals surface area contributed by atoms with Crippen molar-refractivity contribution < 1.29 is 0 Å². The van der Waals surface area contributed by atoms with Crippen LogP contribution in [0, 0.1) is 11.8 Å². The van der Waals surface area contributed by atoms with Crippen molar-refractivity contribution in [2.45, 2.75) is 58.4 Å². The highest BCUT2D eigenvalue weighted by Crippen LogP contribution is 2.39. The number of nitrogens with zero attached hydrogens (tertiary/aromatic N) is 2. The standard InChI is InChI=1S/C17H37N3/c1-6-20(12-8-11-19(4)5)17(14-18)10-7-9-16(13-17)15(2)3/h15-16H,6-14,18H2,1-5H3. The summed E-state index contributed by atoms with van der Waals surface area (Å²) in [7, 11) is 4.31. The Hall–Kier alpha value is -0.120. The SMILES string of the molecule is CCN(CCCN(C)C)C1(CN)CCCC(C(C)C)C1. The molecule has 0 heterocycles. The van der Waals surface area contributed by atoms with Crippen molar-refractivity contribution in [2.75, 3.05) is 40.3 Å². The Balaban J connectivity index is 2.68. The molecule has 1 aliphatic rings. The zero-order valence-electron chi connectivity index (χ0n) is 14.5. The van der Waals surface area contributed by atoms with E-state index in [0.29, 0.717) is 0 Å². The normalized spacial score (nSPS) is 27.8. The van der Waals surface area contributed by atoms with Crippen LogP contribution in [0.2, 0.25) is 0 Å². The first-order valence-corrected chi connectivity index (χ1v) is 8.55. The van der Waals surface area contributed by atoms with Gasteiger partial charge in [0.05, 0.1) is 0 Å². The van der Waals surface area contributed by atoms with E-state index < -0.39 is 0 Å². The number of likely N-dealkylation sites (N-methyl/N-ethyl adjacent to an activating group) is 1. The molecule has 0 aliphatic heterocycles. The molecule has 0 spiro atoms. The van der Waals surface area contributed by atoms with E-state index in [1.54, 1.807) is 0 Å². The van der Waals surface area contributed by atoms with Gasteiger partial charge in [0.25, 0.3) is 0 Å². The van der Waals surface area contributed by atoms with E-state index in [1.807, 2.05) is 0 Å².